The quantitative estimate of drug-likeness (QED) is 0.703. The Bertz CT molecular complexity index is 357. The van der Waals surface area contributed by atoms with E-state index in [0.717, 1.165) is 17.9 Å². The molecule has 2 rings (SSSR count). The second-order valence-corrected chi connectivity index (χ2v) is 2.78. The maximum absolute atomic E-state index is 3.99. The number of nitrogens with one attached hydrogen (secondary N) is 2. The van der Waals surface area contributed by atoms with E-state index >= 15 is 0 Å². The third kappa shape index (κ3) is 2.33. The molecule has 0 bridgehead atoms. The van der Waals surface area contributed by atoms with E-state index in [1.807, 2.05) is 0 Å². The van der Waals surface area contributed by atoms with Crippen LogP contribution in [0, 0.1) is 0 Å². The SMILES string of the molecule is c1ncc(CNCc2ncn[nH]2)cn1. The summed E-state index contributed by atoms with van der Waals surface area (Å²) in [5.41, 5.74) is 1.05. The van der Waals surface area contributed by atoms with E-state index in [1.54, 1.807) is 12.4 Å². The second-order valence-electron chi connectivity index (χ2n) is 2.78. The van der Waals surface area contributed by atoms with Crippen LogP contribution in [-0.2, 0) is 13.1 Å². The van der Waals surface area contributed by atoms with Crippen molar-refractivity contribution in [2.75, 3.05) is 0 Å². The van der Waals surface area contributed by atoms with Crippen molar-refractivity contribution >= 4 is 0 Å². The zero-order valence-corrected chi connectivity index (χ0v) is 7.51. The van der Waals surface area contributed by atoms with Crippen molar-refractivity contribution in [2.24, 2.45) is 0 Å². The first-order chi connectivity index (χ1) is 6.95. The fraction of sp³-hybridized carbons (Fsp3) is 0.250. The van der Waals surface area contributed by atoms with Gasteiger partial charge in [0.25, 0.3) is 0 Å². The lowest BCUT2D eigenvalue weighted by Crippen LogP contribution is -2.13. The zero-order chi connectivity index (χ0) is 9.64. The molecule has 0 saturated carbocycles. The maximum Gasteiger partial charge on any atom is 0.138 e. The molecule has 6 nitrogen and oxygen atoms in total. The summed E-state index contributed by atoms with van der Waals surface area (Å²) in [6.45, 7) is 1.39. The molecule has 0 unspecified atom stereocenters. The van der Waals surface area contributed by atoms with Crippen molar-refractivity contribution in [3.05, 3.63) is 36.4 Å². The van der Waals surface area contributed by atoms with Gasteiger partial charge in [-0.3, -0.25) is 5.10 Å². The summed E-state index contributed by atoms with van der Waals surface area (Å²) < 4.78 is 0. The Morgan fingerprint density at radius 2 is 2.00 bits per heavy atom. The van der Waals surface area contributed by atoms with Gasteiger partial charge in [0.05, 0.1) is 6.54 Å². The van der Waals surface area contributed by atoms with E-state index in [9.17, 15) is 0 Å². The number of aromatic amines is 1. The standard InChI is InChI=1S/C8H10N6/c1(7-2-10-5-11-3-7)9-4-8-12-6-13-14-8/h2-3,5-6,9H,1,4H2,(H,12,13,14). The van der Waals surface area contributed by atoms with Crippen molar-refractivity contribution in [2.45, 2.75) is 13.1 Å². The van der Waals surface area contributed by atoms with Gasteiger partial charge in [-0.05, 0) is 0 Å². The van der Waals surface area contributed by atoms with Gasteiger partial charge in [0, 0.05) is 24.5 Å². The van der Waals surface area contributed by atoms with Gasteiger partial charge >= 0.3 is 0 Å². The molecule has 2 heterocycles. The van der Waals surface area contributed by atoms with Crippen LogP contribution in [-0.4, -0.2) is 25.1 Å². The number of nitrogens with zero attached hydrogens (tertiary/aromatic N) is 4. The summed E-state index contributed by atoms with van der Waals surface area (Å²) in [4.78, 5) is 11.8. The molecule has 0 spiro atoms. The van der Waals surface area contributed by atoms with Crippen LogP contribution in [0.3, 0.4) is 0 Å². The van der Waals surface area contributed by atoms with E-state index in [-0.39, 0.29) is 0 Å². The molecule has 72 valence electrons. The van der Waals surface area contributed by atoms with Gasteiger partial charge in [-0.2, -0.15) is 5.10 Å². The molecule has 0 amide bonds. The Kier molecular flexibility index (Phi) is 2.77. The third-order valence-electron chi connectivity index (χ3n) is 1.70. The van der Waals surface area contributed by atoms with E-state index in [2.05, 4.69) is 30.5 Å². The zero-order valence-electron chi connectivity index (χ0n) is 7.51. The van der Waals surface area contributed by atoms with E-state index in [4.69, 9.17) is 0 Å². The first-order valence-corrected chi connectivity index (χ1v) is 4.24. The van der Waals surface area contributed by atoms with Crippen LogP contribution < -0.4 is 5.32 Å². The molecule has 2 aromatic rings. The summed E-state index contributed by atoms with van der Waals surface area (Å²) in [6, 6.07) is 0. The van der Waals surface area contributed by atoms with Gasteiger partial charge in [0.1, 0.15) is 18.5 Å². The number of aromatic nitrogens is 5. The molecular weight excluding hydrogens is 180 g/mol. The molecule has 0 radical (unpaired) electrons. The molecule has 2 aromatic heterocycles. The summed E-state index contributed by atoms with van der Waals surface area (Å²) >= 11 is 0. The van der Waals surface area contributed by atoms with Crippen LogP contribution in [0.15, 0.2) is 25.0 Å². The van der Waals surface area contributed by atoms with E-state index in [0.29, 0.717) is 6.54 Å². The molecule has 14 heavy (non-hydrogen) atoms. The van der Waals surface area contributed by atoms with Crippen LogP contribution >= 0.6 is 0 Å². The van der Waals surface area contributed by atoms with Crippen LogP contribution in [0.5, 0.6) is 0 Å². The van der Waals surface area contributed by atoms with Crippen LogP contribution in [0.4, 0.5) is 0 Å². The predicted octanol–water partition coefficient (Wildman–Crippen LogP) is -0.116. The lowest BCUT2D eigenvalue weighted by atomic mass is 10.3. The van der Waals surface area contributed by atoms with E-state index < -0.39 is 0 Å². The number of H-pyrrole nitrogens is 1. The van der Waals surface area contributed by atoms with Crippen LogP contribution in [0.2, 0.25) is 0 Å². The molecular formula is C8H10N6. The van der Waals surface area contributed by atoms with Crippen molar-refractivity contribution in [1.29, 1.82) is 0 Å². The molecule has 0 saturated heterocycles. The van der Waals surface area contributed by atoms with Gasteiger partial charge in [-0.15, -0.1) is 0 Å². The predicted molar refractivity (Wildman–Crippen MR) is 49.0 cm³/mol. The van der Waals surface area contributed by atoms with Gasteiger partial charge < -0.3 is 5.32 Å². The fourth-order valence-corrected chi connectivity index (χ4v) is 1.06. The summed E-state index contributed by atoms with van der Waals surface area (Å²) in [5.74, 6) is 0.821. The minimum absolute atomic E-state index is 0.662. The first-order valence-electron chi connectivity index (χ1n) is 4.24. The number of hydrogen-bond donors (Lipinski definition) is 2. The second kappa shape index (κ2) is 4.43. The monoisotopic (exact) mass is 190 g/mol. The van der Waals surface area contributed by atoms with Gasteiger partial charge in [-0.1, -0.05) is 0 Å². The highest BCUT2D eigenvalue weighted by Crippen LogP contribution is 1.92. The van der Waals surface area contributed by atoms with E-state index in [1.165, 1.54) is 12.7 Å². The first kappa shape index (κ1) is 8.76. The lowest BCUT2D eigenvalue weighted by Gasteiger charge is -2.00. The largest absolute Gasteiger partial charge is 0.306 e. The maximum atomic E-state index is 3.99. The number of hydrogen-bond acceptors (Lipinski definition) is 5. The topological polar surface area (TPSA) is 79.4 Å². The average molecular weight is 190 g/mol. The Labute approximate surface area is 80.8 Å². The highest BCUT2D eigenvalue weighted by atomic mass is 15.2. The third-order valence-corrected chi connectivity index (χ3v) is 1.70. The van der Waals surface area contributed by atoms with Gasteiger partial charge in [0.15, 0.2) is 0 Å². The Hall–Kier alpha value is -1.82. The smallest absolute Gasteiger partial charge is 0.138 e. The van der Waals surface area contributed by atoms with Crippen molar-refractivity contribution in [1.82, 2.24) is 30.5 Å². The molecule has 0 atom stereocenters. The molecule has 0 fully saturated rings. The van der Waals surface area contributed by atoms with Crippen LogP contribution in [0.1, 0.15) is 11.4 Å². The Morgan fingerprint density at radius 3 is 2.71 bits per heavy atom. The molecule has 0 aromatic carbocycles. The molecule has 0 aliphatic rings. The summed E-state index contributed by atoms with van der Waals surface area (Å²) in [6.07, 6.45) is 6.56. The average Bonchev–Trinajstić information content (AvgIpc) is 2.72. The minimum Gasteiger partial charge on any atom is -0.306 e. The molecule has 0 aliphatic carbocycles. The number of rotatable bonds is 4. The van der Waals surface area contributed by atoms with Gasteiger partial charge in [-0.25, -0.2) is 15.0 Å². The van der Waals surface area contributed by atoms with Gasteiger partial charge in [0.2, 0.25) is 0 Å². The Morgan fingerprint density at radius 1 is 1.14 bits per heavy atom. The molecule has 6 heteroatoms. The minimum atomic E-state index is 0.662. The van der Waals surface area contributed by atoms with Crippen LogP contribution in [0.25, 0.3) is 0 Å². The fourth-order valence-electron chi connectivity index (χ4n) is 1.06. The highest BCUT2D eigenvalue weighted by Gasteiger charge is 1.95. The molecule has 2 N–H and O–H groups in total. The highest BCUT2D eigenvalue weighted by molar-refractivity contribution is 5.01. The summed E-state index contributed by atoms with van der Waals surface area (Å²) in [5, 5.41) is 9.71. The normalized spacial score (nSPS) is 10.3. The van der Waals surface area contributed by atoms with Crippen molar-refractivity contribution < 1.29 is 0 Å². The lowest BCUT2D eigenvalue weighted by molar-refractivity contribution is 0.661. The Balaban J connectivity index is 1.79. The summed E-state index contributed by atoms with van der Waals surface area (Å²) in [7, 11) is 0. The van der Waals surface area contributed by atoms with Crippen molar-refractivity contribution in [3.8, 4) is 0 Å². The van der Waals surface area contributed by atoms with Crippen molar-refractivity contribution in [3.63, 3.8) is 0 Å². The molecule has 0 aliphatic heterocycles.